The molecule has 3 aromatic rings. The molecule has 266 valence electrons. The third-order valence-corrected chi connectivity index (χ3v) is 11.3. The lowest BCUT2D eigenvalue weighted by Crippen LogP contribution is -2.54. The Bertz CT molecular complexity index is 1890. The van der Waals surface area contributed by atoms with Gasteiger partial charge in [0.25, 0.3) is 11.8 Å². The number of carbonyl (C=O) groups is 4. The van der Waals surface area contributed by atoms with Crippen molar-refractivity contribution < 1.29 is 19.2 Å². The van der Waals surface area contributed by atoms with E-state index in [-0.39, 0.29) is 24.0 Å². The third kappa shape index (κ3) is 7.28. The minimum absolute atomic E-state index is 0.0929. The van der Waals surface area contributed by atoms with E-state index in [1.165, 1.54) is 24.6 Å². The molecule has 7 rings (SSSR count). The molecule has 1 saturated carbocycles. The molecule has 4 N–H and O–H groups in total. The van der Waals surface area contributed by atoms with Crippen LogP contribution in [0.4, 0.5) is 5.69 Å². The predicted octanol–water partition coefficient (Wildman–Crippen LogP) is 4.87. The van der Waals surface area contributed by atoms with E-state index >= 15 is 0 Å². The highest BCUT2D eigenvalue weighted by molar-refractivity contribution is 6.23. The molecule has 1 aliphatic carbocycles. The van der Waals surface area contributed by atoms with Gasteiger partial charge in [0.15, 0.2) is 0 Å². The summed E-state index contributed by atoms with van der Waals surface area (Å²) in [5, 5.41) is 17.2. The second-order valence-corrected chi connectivity index (χ2v) is 14.6. The highest BCUT2D eigenvalue weighted by Crippen LogP contribution is 2.34. The summed E-state index contributed by atoms with van der Waals surface area (Å²) in [5.41, 5.74) is 5.76. The number of carbonyl (C=O) groups excluding carboxylic acids is 4. The van der Waals surface area contributed by atoms with Crippen molar-refractivity contribution in [2.75, 3.05) is 25.5 Å². The van der Waals surface area contributed by atoms with Crippen molar-refractivity contribution in [1.29, 1.82) is 5.41 Å². The van der Waals surface area contributed by atoms with Gasteiger partial charge in [0.05, 0.1) is 34.1 Å². The number of rotatable bonds is 11. The van der Waals surface area contributed by atoms with Crippen LogP contribution >= 0.6 is 0 Å². The van der Waals surface area contributed by atoms with E-state index in [4.69, 9.17) is 10.4 Å². The fraction of sp³-hybridized carbons (Fsp3) is 0.462. The van der Waals surface area contributed by atoms with Crippen molar-refractivity contribution in [2.24, 2.45) is 5.92 Å². The summed E-state index contributed by atoms with van der Waals surface area (Å²) < 4.78 is 0. The van der Waals surface area contributed by atoms with Crippen LogP contribution in [0.2, 0.25) is 0 Å². The molecular formula is C39H46N8O4. The first-order valence-electron chi connectivity index (χ1n) is 18.2. The van der Waals surface area contributed by atoms with Crippen molar-refractivity contribution in [2.45, 2.75) is 88.8 Å². The zero-order valence-electron chi connectivity index (χ0n) is 29.3. The Morgan fingerprint density at radius 1 is 1.00 bits per heavy atom. The smallest absolute Gasteiger partial charge is 0.262 e. The summed E-state index contributed by atoms with van der Waals surface area (Å²) in [7, 11) is 2.21. The van der Waals surface area contributed by atoms with Gasteiger partial charge < -0.3 is 20.9 Å². The number of aromatic nitrogens is 2. The molecular weight excluding hydrogens is 644 g/mol. The first-order chi connectivity index (χ1) is 24.7. The molecule has 3 unspecified atom stereocenters. The lowest BCUT2D eigenvalue weighted by Gasteiger charge is -2.36. The monoisotopic (exact) mass is 690 g/mol. The normalized spacial score (nSPS) is 25.6. The zero-order valence-corrected chi connectivity index (χ0v) is 29.3. The molecule has 2 aromatic carbocycles. The number of hydrogen-bond donors (Lipinski definition) is 4. The molecule has 4 heterocycles. The van der Waals surface area contributed by atoms with Crippen LogP contribution in [0.25, 0.3) is 16.6 Å². The molecule has 0 radical (unpaired) electrons. The van der Waals surface area contributed by atoms with Crippen molar-refractivity contribution >= 4 is 52.1 Å². The minimum Gasteiger partial charge on any atom is -0.388 e. The molecule has 0 bridgehead atoms. The van der Waals surface area contributed by atoms with Crippen LogP contribution in [-0.4, -0.2) is 87.9 Å². The fourth-order valence-corrected chi connectivity index (χ4v) is 7.85. The van der Waals surface area contributed by atoms with E-state index in [2.05, 4.69) is 58.0 Å². The molecule has 12 nitrogen and oxygen atoms in total. The van der Waals surface area contributed by atoms with Crippen molar-refractivity contribution in [1.82, 2.24) is 30.4 Å². The third-order valence-electron chi connectivity index (χ3n) is 11.3. The predicted molar refractivity (Wildman–Crippen MR) is 195 cm³/mol. The second-order valence-electron chi connectivity index (χ2n) is 14.6. The second kappa shape index (κ2) is 14.7. The van der Waals surface area contributed by atoms with Crippen molar-refractivity contribution in [3.8, 4) is 0 Å². The zero-order chi connectivity index (χ0) is 35.6. The number of nitrogens with one attached hydrogen (secondary N) is 4. The van der Waals surface area contributed by atoms with Crippen LogP contribution in [0.5, 0.6) is 0 Å². The summed E-state index contributed by atoms with van der Waals surface area (Å²) >= 11 is 0. The molecule has 4 amide bonds. The number of fused-ring (bicyclic) bond motifs is 2. The van der Waals surface area contributed by atoms with E-state index < -0.39 is 29.7 Å². The maximum atomic E-state index is 13.1. The topological polar surface area (TPSA) is 160 Å². The first-order valence-corrected chi connectivity index (χ1v) is 18.2. The summed E-state index contributed by atoms with van der Waals surface area (Å²) in [6.45, 7) is 4.13. The number of nitrogens with zero attached hydrogens (tertiary/aromatic N) is 4. The molecule has 3 atom stereocenters. The Morgan fingerprint density at radius 2 is 1.82 bits per heavy atom. The molecule has 12 heteroatoms. The average molecular weight is 691 g/mol. The fourth-order valence-electron chi connectivity index (χ4n) is 7.85. The maximum absolute atomic E-state index is 13.1. The Balaban J connectivity index is 0.872. The minimum atomic E-state index is -0.969. The van der Waals surface area contributed by atoms with Gasteiger partial charge in [0, 0.05) is 48.7 Å². The van der Waals surface area contributed by atoms with Gasteiger partial charge in [-0.2, -0.15) is 0 Å². The van der Waals surface area contributed by atoms with Gasteiger partial charge in [-0.1, -0.05) is 6.07 Å². The number of imide groups is 2. The van der Waals surface area contributed by atoms with E-state index in [1.54, 1.807) is 24.4 Å². The Morgan fingerprint density at radius 3 is 2.63 bits per heavy atom. The van der Waals surface area contributed by atoms with E-state index in [0.29, 0.717) is 35.2 Å². The Kier molecular flexibility index (Phi) is 9.95. The Labute approximate surface area is 298 Å². The molecule has 3 aliphatic heterocycles. The largest absolute Gasteiger partial charge is 0.388 e. The molecule has 2 saturated heterocycles. The molecule has 1 aromatic heterocycles. The van der Waals surface area contributed by atoms with Gasteiger partial charge >= 0.3 is 0 Å². The van der Waals surface area contributed by atoms with Gasteiger partial charge in [0.1, 0.15) is 6.04 Å². The molecule has 4 aliphatic rings. The molecule has 3 fully saturated rings. The summed E-state index contributed by atoms with van der Waals surface area (Å²) in [6, 6.07) is 11.5. The van der Waals surface area contributed by atoms with Crippen LogP contribution in [0.3, 0.4) is 0 Å². The van der Waals surface area contributed by atoms with Crippen LogP contribution in [-0.2, 0) is 9.59 Å². The van der Waals surface area contributed by atoms with Gasteiger partial charge in [-0.3, -0.25) is 34.4 Å². The number of amides is 4. The number of anilines is 1. The summed E-state index contributed by atoms with van der Waals surface area (Å²) in [5.74, 6) is -0.885. The highest BCUT2D eigenvalue weighted by atomic mass is 16.2. The summed E-state index contributed by atoms with van der Waals surface area (Å²) in [4.78, 5) is 62.9. The lowest BCUT2D eigenvalue weighted by molar-refractivity contribution is -0.136. The number of likely N-dealkylation sites (tertiary alicyclic amines) is 1. The van der Waals surface area contributed by atoms with Gasteiger partial charge in [0.2, 0.25) is 11.8 Å². The van der Waals surface area contributed by atoms with E-state index in [9.17, 15) is 19.2 Å². The number of piperidine rings is 1. The van der Waals surface area contributed by atoms with Crippen molar-refractivity contribution in [3.05, 3.63) is 71.2 Å². The van der Waals surface area contributed by atoms with Gasteiger partial charge in [-0.15, -0.1) is 0 Å². The molecule has 51 heavy (non-hydrogen) atoms. The quantitative estimate of drug-likeness (QED) is 0.125. The van der Waals surface area contributed by atoms with Gasteiger partial charge in [-0.25, -0.2) is 4.98 Å². The van der Waals surface area contributed by atoms with Crippen molar-refractivity contribution in [3.63, 3.8) is 0 Å². The number of benzene rings is 2. The lowest BCUT2D eigenvalue weighted by atomic mass is 9.77. The maximum Gasteiger partial charge on any atom is 0.262 e. The first kappa shape index (κ1) is 34.5. The van der Waals surface area contributed by atoms with Crippen LogP contribution in [0.15, 0.2) is 48.8 Å². The average Bonchev–Trinajstić information content (AvgIpc) is 3.22. The standard InChI is InChI=1S/C39H46N8O4/c1-23-5-6-25(13-15-46(23)2)26-7-10-32-33(18-26)44-34(22-43-32)27(20-40)21-42-29-16-24(17-29)4-3-14-41-28-8-9-30-31(19-28)39(51)47(38(30)50)35-11-12-36(48)45-37(35)49/h7-10,18-25,29,35,40-42H,3-6,11-17H2,1-2H3,(H,45,48,49)/b27-21+,40-20?. The SMILES string of the molecule is CC1CCC(c2ccc3ncc(/C(C=N)=C/NC4CC(CCCNc5ccc6c(c5)C(=O)N(C5CCC(=O)NC5=O)C6=O)C4)nc3c2)CCN1C. The van der Waals surface area contributed by atoms with E-state index in [0.717, 1.165) is 66.8 Å². The summed E-state index contributed by atoms with van der Waals surface area (Å²) in [6.07, 6.45) is 12.8. The molecule has 0 spiro atoms. The van der Waals surface area contributed by atoms with Crippen LogP contribution < -0.4 is 16.0 Å². The van der Waals surface area contributed by atoms with Crippen LogP contribution in [0.1, 0.15) is 103 Å². The van der Waals surface area contributed by atoms with Crippen LogP contribution in [0, 0.1) is 11.3 Å². The number of hydrogen-bond acceptors (Lipinski definition) is 10. The number of allylic oxidation sites excluding steroid dienone is 1. The van der Waals surface area contributed by atoms with E-state index in [1.807, 2.05) is 6.20 Å². The van der Waals surface area contributed by atoms with Gasteiger partial charge in [-0.05, 0) is 120 Å². The highest BCUT2D eigenvalue weighted by Gasteiger charge is 2.44. The Hall–Kier alpha value is -4.97.